The molecular weight excluding hydrogens is 251 g/mol. The van der Waals surface area contributed by atoms with Gasteiger partial charge in [0.05, 0.1) is 12.5 Å². The SMILES string of the molecule is CC(Cc1ccco1)Nc1ncc(F)cc1C(=O)O. The van der Waals surface area contributed by atoms with Gasteiger partial charge in [-0.3, -0.25) is 0 Å². The number of nitrogens with one attached hydrogen (secondary N) is 1. The summed E-state index contributed by atoms with van der Waals surface area (Å²) in [6.07, 6.45) is 3.13. The van der Waals surface area contributed by atoms with Crippen LogP contribution in [0.1, 0.15) is 23.0 Å². The minimum absolute atomic E-state index is 0.0952. The van der Waals surface area contributed by atoms with Crippen molar-refractivity contribution in [3.63, 3.8) is 0 Å². The lowest BCUT2D eigenvalue weighted by Crippen LogP contribution is -2.20. The summed E-state index contributed by atoms with van der Waals surface area (Å²) >= 11 is 0. The molecule has 0 amide bonds. The van der Waals surface area contributed by atoms with Crippen molar-refractivity contribution in [1.29, 1.82) is 0 Å². The molecule has 100 valence electrons. The number of hydrogen-bond acceptors (Lipinski definition) is 4. The van der Waals surface area contributed by atoms with E-state index in [2.05, 4.69) is 10.3 Å². The summed E-state index contributed by atoms with van der Waals surface area (Å²) in [6, 6.07) is 4.45. The largest absolute Gasteiger partial charge is 0.478 e. The van der Waals surface area contributed by atoms with Crippen LogP contribution in [0, 0.1) is 5.82 Å². The fraction of sp³-hybridized carbons (Fsp3) is 0.231. The van der Waals surface area contributed by atoms with Gasteiger partial charge in [-0.25, -0.2) is 14.2 Å². The van der Waals surface area contributed by atoms with Gasteiger partial charge in [-0.1, -0.05) is 0 Å². The Morgan fingerprint density at radius 3 is 3.05 bits per heavy atom. The second-order valence-corrected chi connectivity index (χ2v) is 4.18. The van der Waals surface area contributed by atoms with Crippen LogP contribution >= 0.6 is 0 Å². The molecule has 0 spiro atoms. The third-order valence-electron chi connectivity index (χ3n) is 2.56. The predicted octanol–water partition coefficient (Wildman–Crippen LogP) is 2.55. The Bertz CT molecular complexity index is 569. The van der Waals surface area contributed by atoms with Crippen LogP contribution in [0.5, 0.6) is 0 Å². The normalized spacial score (nSPS) is 12.1. The van der Waals surface area contributed by atoms with Crippen molar-refractivity contribution in [3.05, 3.63) is 47.8 Å². The summed E-state index contributed by atoms with van der Waals surface area (Å²) in [5.74, 6) is -0.978. The first-order chi connectivity index (χ1) is 9.06. The third kappa shape index (κ3) is 3.31. The first-order valence-corrected chi connectivity index (χ1v) is 5.74. The van der Waals surface area contributed by atoms with E-state index in [4.69, 9.17) is 9.52 Å². The lowest BCUT2D eigenvalue weighted by atomic mass is 10.2. The molecule has 2 N–H and O–H groups in total. The first kappa shape index (κ1) is 13.1. The van der Waals surface area contributed by atoms with Crippen molar-refractivity contribution in [2.24, 2.45) is 0 Å². The number of aromatic carboxylic acids is 1. The van der Waals surface area contributed by atoms with Gasteiger partial charge in [0.15, 0.2) is 0 Å². The molecule has 2 rings (SSSR count). The van der Waals surface area contributed by atoms with Crippen LogP contribution in [0.2, 0.25) is 0 Å². The lowest BCUT2D eigenvalue weighted by molar-refractivity contribution is 0.0697. The van der Waals surface area contributed by atoms with Crippen LogP contribution in [-0.2, 0) is 6.42 Å². The molecule has 0 fully saturated rings. The average Bonchev–Trinajstić information content (AvgIpc) is 2.83. The van der Waals surface area contributed by atoms with E-state index in [9.17, 15) is 9.18 Å². The Balaban J connectivity index is 2.12. The molecule has 0 bridgehead atoms. The summed E-state index contributed by atoms with van der Waals surface area (Å²) in [4.78, 5) is 14.8. The third-order valence-corrected chi connectivity index (χ3v) is 2.56. The molecule has 6 heteroatoms. The van der Waals surface area contributed by atoms with Crippen LogP contribution in [0.25, 0.3) is 0 Å². The van der Waals surface area contributed by atoms with Gasteiger partial charge in [0.2, 0.25) is 0 Å². The van der Waals surface area contributed by atoms with Crippen LogP contribution in [0.4, 0.5) is 10.2 Å². The molecule has 0 aliphatic rings. The Morgan fingerprint density at radius 1 is 1.63 bits per heavy atom. The molecule has 0 aliphatic heterocycles. The van der Waals surface area contributed by atoms with E-state index < -0.39 is 11.8 Å². The number of halogens is 1. The molecule has 0 aromatic carbocycles. The zero-order valence-electron chi connectivity index (χ0n) is 10.3. The lowest BCUT2D eigenvalue weighted by Gasteiger charge is -2.14. The van der Waals surface area contributed by atoms with E-state index in [0.29, 0.717) is 6.42 Å². The highest BCUT2D eigenvalue weighted by atomic mass is 19.1. The maximum atomic E-state index is 13.0. The number of pyridine rings is 1. The van der Waals surface area contributed by atoms with Gasteiger partial charge in [-0.15, -0.1) is 0 Å². The van der Waals surface area contributed by atoms with Crippen molar-refractivity contribution in [3.8, 4) is 0 Å². The quantitative estimate of drug-likeness (QED) is 0.868. The van der Waals surface area contributed by atoms with Crippen molar-refractivity contribution >= 4 is 11.8 Å². The smallest absolute Gasteiger partial charge is 0.339 e. The maximum absolute atomic E-state index is 13.0. The first-order valence-electron chi connectivity index (χ1n) is 5.74. The van der Waals surface area contributed by atoms with Gasteiger partial charge in [0, 0.05) is 12.5 Å². The average molecular weight is 264 g/mol. The topological polar surface area (TPSA) is 75.4 Å². The fourth-order valence-electron chi connectivity index (χ4n) is 1.73. The molecule has 19 heavy (non-hydrogen) atoms. The number of anilines is 1. The number of nitrogens with zero attached hydrogens (tertiary/aromatic N) is 1. The number of aromatic nitrogens is 1. The van der Waals surface area contributed by atoms with Gasteiger partial charge in [-0.2, -0.15) is 0 Å². The van der Waals surface area contributed by atoms with Gasteiger partial charge in [0.1, 0.15) is 23.0 Å². The summed E-state index contributed by atoms with van der Waals surface area (Å²) in [5, 5.41) is 11.9. The van der Waals surface area contributed by atoms with Gasteiger partial charge >= 0.3 is 5.97 Å². The Kier molecular flexibility index (Phi) is 3.79. The number of hydrogen-bond donors (Lipinski definition) is 2. The highest BCUT2D eigenvalue weighted by Gasteiger charge is 2.15. The van der Waals surface area contributed by atoms with Crippen molar-refractivity contribution in [1.82, 2.24) is 4.98 Å². The van der Waals surface area contributed by atoms with Crippen LogP contribution in [0.15, 0.2) is 35.1 Å². The van der Waals surface area contributed by atoms with Crippen LogP contribution < -0.4 is 5.32 Å². The molecule has 0 saturated heterocycles. The molecule has 0 saturated carbocycles. The number of carboxylic acids is 1. The summed E-state index contributed by atoms with van der Waals surface area (Å²) in [7, 11) is 0. The fourth-order valence-corrected chi connectivity index (χ4v) is 1.73. The van der Waals surface area contributed by atoms with Crippen molar-refractivity contribution < 1.29 is 18.7 Å². The Labute approximate surface area is 109 Å². The van der Waals surface area contributed by atoms with E-state index in [1.807, 2.05) is 13.0 Å². The van der Waals surface area contributed by atoms with Crippen LogP contribution in [0.3, 0.4) is 0 Å². The van der Waals surface area contributed by atoms with Gasteiger partial charge in [0.25, 0.3) is 0 Å². The molecule has 1 unspecified atom stereocenters. The van der Waals surface area contributed by atoms with Crippen molar-refractivity contribution in [2.75, 3.05) is 5.32 Å². The number of carboxylic acid groups (broad SMARTS) is 1. The number of carbonyl (C=O) groups is 1. The molecule has 1 atom stereocenters. The molecule has 2 aromatic heterocycles. The summed E-state index contributed by atoms with van der Waals surface area (Å²) in [5.41, 5.74) is -0.189. The van der Waals surface area contributed by atoms with E-state index >= 15 is 0 Å². The minimum atomic E-state index is -1.22. The molecule has 0 radical (unpaired) electrons. The second-order valence-electron chi connectivity index (χ2n) is 4.18. The zero-order valence-corrected chi connectivity index (χ0v) is 10.3. The highest BCUT2D eigenvalue weighted by molar-refractivity contribution is 5.93. The summed E-state index contributed by atoms with van der Waals surface area (Å²) < 4.78 is 18.2. The maximum Gasteiger partial charge on any atom is 0.339 e. The number of furan rings is 1. The van der Waals surface area contributed by atoms with E-state index in [1.54, 1.807) is 12.3 Å². The summed E-state index contributed by atoms with van der Waals surface area (Å²) in [6.45, 7) is 1.86. The predicted molar refractivity (Wildman–Crippen MR) is 66.7 cm³/mol. The van der Waals surface area contributed by atoms with E-state index in [1.165, 1.54) is 0 Å². The second kappa shape index (κ2) is 5.51. The van der Waals surface area contributed by atoms with E-state index in [0.717, 1.165) is 18.0 Å². The monoisotopic (exact) mass is 264 g/mol. The molecule has 2 aromatic rings. The van der Waals surface area contributed by atoms with Crippen LogP contribution in [-0.4, -0.2) is 22.1 Å². The molecule has 5 nitrogen and oxygen atoms in total. The van der Waals surface area contributed by atoms with Gasteiger partial charge in [-0.05, 0) is 25.1 Å². The van der Waals surface area contributed by atoms with Gasteiger partial charge < -0.3 is 14.8 Å². The van der Waals surface area contributed by atoms with Crippen molar-refractivity contribution in [2.45, 2.75) is 19.4 Å². The molecule has 0 aliphatic carbocycles. The minimum Gasteiger partial charge on any atom is -0.478 e. The Hall–Kier alpha value is -2.37. The Morgan fingerprint density at radius 2 is 2.42 bits per heavy atom. The standard InChI is InChI=1S/C13H13FN2O3/c1-8(5-10-3-2-4-19-10)16-12-11(13(17)18)6-9(14)7-15-12/h2-4,6-8H,5H2,1H3,(H,15,16)(H,17,18). The molecule has 2 heterocycles. The molecular formula is C13H13FN2O3. The highest BCUT2D eigenvalue weighted by Crippen LogP contribution is 2.16. The van der Waals surface area contributed by atoms with E-state index in [-0.39, 0.29) is 17.4 Å². The number of rotatable bonds is 5. The zero-order chi connectivity index (χ0) is 13.8.